The lowest BCUT2D eigenvalue weighted by molar-refractivity contribution is -0.132. The van der Waals surface area contributed by atoms with Gasteiger partial charge in [0.05, 0.1) is 11.6 Å². The van der Waals surface area contributed by atoms with Gasteiger partial charge in [0.15, 0.2) is 0 Å². The Hall–Kier alpha value is -1.60. The maximum absolute atomic E-state index is 13.4. The number of hydrogen-bond acceptors (Lipinski definition) is 3. The van der Waals surface area contributed by atoms with Crippen LogP contribution in [0.5, 0.6) is 0 Å². The smallest absolute Gasteiger partial charge is 0.245 e. The lowest BCUT2D eigenvalue weighted by Crippen LogP contribution is -2.46. The van der Waals surface area contributed by atoms with Crippen molar-refractivity contribution in [3.8, 4) is 0 Å². The van der Waals surface area contributed by atoms with Crippen LogP contribution in [-0.4, -0.2) is 49.7 Å². The number of hydrogen-bond donors (Lipinski definition) is 0. The Morgan fingerprint density at radius 2 is 1.77 bits per heavy atom. The van der Waals surface area contributed by atoms with E-state index in [1.807, 2.05) is 30.3 Å². The second-order valence-electron chi connectivity index (χ2n) is 7.71. The fraction of sp³-hybridized carbons (Fsp3) is 0.409. The molecule has 1 aliphatic rings. The normalized spacial score (nSPS) is 15.5. The van der Waals surface area contributed by atoms with E-state index in [4.69, 9.17) is 23.2 Å². The summed E-state index contributed by atoms with van der Waals surface area (Å²) >= 11 is 12.2. The highest BCUT2D eigenvalue weighted by molar-refractivity contribution is 7.89. The van der Waals surface area contributed by atoms with Crippen molar-refractivity contribution in [2.24, 2.45) is 5.92 Å². The van der Waals surface area contributed by atoms with Crippen molar-refractivity contribution in [2.75, 3.05) is 26.2 Å². The average Bonchev–Trinajstić information content (AvgIpc) is 2.73. The zero-order valence-corrected chi connectivity index (χ0v) is 19.3. The van der Waals surface area contributed by atoms with E-state index in [0.717, 1.165) is 18.4 Å². The molecule has 5 nitrogen and oxygen atoms in total. The van der Waals surface area contributed by atoms with Crippen molar-refractivity contribution in [3.05, 3.63) is 64.1 Å². The van der Waals surface area contributed by atoms with Gasteiger partial charge in [0.1, 0.15) is 4.90 Å². The molecule has 0 N–H and O–H groups in total. The third kappa shape index (κ3) is 5.76. The molecule has 2 aromatic rings. The third-order valence-corrected chi connectivity index (χ3v) is 8.01. The van der Waals surface area contributed by atoms with Gasteiger partial charge in [0.25, 0.3) is 0 Å². The van der Waals surface area contributed by atoms with Gasteiger partial charge in [0, 0.05) is 24.7 Å². The summed E-state index contributed by atoms with van der Waals surface area (Å²) in [5, 5.41) is 0.362. The molecule has 0 spiro atoms. The van der Waals surface area contributed by atoms with Gasteiger partial charge in [-0.2, -0.15) is 4.31 Å². The number of piperidine rings is 1. The lowest BCUT2D eigenvalue weighted by Gasteiger charge is -2.32. The molecule has 30 heavy (non-hydrogen) atoms. The monoisotopic (exact) mass is 468 g/mol. The van der Waals surface area contributed by atoms with Crippen LogP contribution in [0, 0.1) is 5.92 Å². The first kappa shape index (κ1) is 23.1. The second kappa shape index (κ2) is 10.1. The molecule has 0 unspecified atom stereocenters. The van der Waals surface area contributed by atoms with Crippen molar-refractivity contribution in [3.63, 3.8) is 0 Å². The summed E-state index contributed by atoms with van der Waals surface area (Å²) in [5.41, 5.74) is 0.995. The molecule has 162 valence electrons. The number of benzene rings is 2. The zero-order valence-electron chi connectivity index (χ0n) is 16.9. The molecular weight excluding hydrogens is 443 g/mol. The van der Waals surface area contributed by atoms with E-state index in [9.17, 15) is 13.2 Å². The topological polar surface area (TPSA) is 57.7 Å². The van der Waals surface area contributed by atoms with Crippen LogP contribution in [0.2, 0.25) is 10.0 Å². The lowest BCUT2D eigenvalue weighted by atomic mass is 9.99. The molecule has 0 bridgehead atoms. The first-order valence-electron chi connectivity index (χ1n) is 10.0. The minimum absolute atomic E-state index is 0.0789. The van der Waals surface area contributed by atoms with Crippen LogP contribution in [0.3, 0.4) is 0 Å². The minimum Gasteiger partial charge on any atom is -0.342 e. The van der Waals surface area contributed by atoms with Crippen LogP contribution < -0.4 is 0 Å². The van der Waals surface area contributed by atoms with Gasteiger partial charge in [-0.25, -0.2) is 8.42 Å². The number of nitrogens with zero attached hydrogens (tertiary/aromatic N) is 2. The first-order chi connectivity index (χ1) is 14.3. The summed E-state index contributed by atoms with van der Waals surface area (Å²) in [6, 6.07) is 13.9. The van der Waals surface area contributed by atoms with Crippen LogP contribution in [0.1, 0.15) is 25.3 Å². The van der Waals surface area contributed by atoms with E-state index in [2.05, 4.69) is 6.92 Å². The molecule has 1 aliphatic heterocycles. The van der Waals surface area contributed by atoms with Gasteiger partial charge in [-0.1, -0.05) is 60.5 Å². The number of likely N-dealkylation sites (tertiary alicyclic amines) is 1. The van der Waals surface area contributed by atoms with Gasteiger partial charge in [-0.15, -0.1) is 0 Å². The highest BCUT2D eigenvalue weighted by Crippen LogP contribution is 2.28. The fourth-order valence-electron chi connectivity index (χ4n) is 3.51. The van der Waals surface area contributed by atoms with E-state index in [1.54, 1.807) is 4.90 Å². The van der Waals surface area contributed by atoms with E-state index in [0.29, 0.717) is 25.4 Å². The molecule has 0 aliphatic carbocycles. The predicted molar refractivity (Wildman–Crippen MR) is 120 cm³/mol. The standard InChI is InChI=1S/C22H26Cl2N2O3S/c1-17-9-12-25(13-10-17)22(27)16-26(14-11-18-5-3-2-4-6-18)30(28,29)21-15-19(23)7-8-20(21)24/h2-8,15,17H,9-14,16H2,1H3. The number of rotatable bonds is 7. The van der Waals surface area contributed by atoms with Crippen molar-refractivity contribution < 1.29 is 13.2 Å². The molecule has 0 atom stereocenters. The summed E-state index contributed by atoms with van der Waals surface area (Å²) in [6.45, 7) is 3.44. The minimum atomic E-state index is -4.00. The van der Waals surface area contributed by atoms with Gasteiger partial charge >= 0.3 is 0 Å². The van der Waals surface area contributed by atoms with Crippen molar-refractivity contribution in [1.82, 2.24) is 9.21 Å². The average molecular weight is 469 g/mol. The van der Waals surface area contributed by atoms with Crippen LogP contribution in [0.15, 0.2) is 53.4 Å². The molecule has 8 heteroatoms. The Bertz CT molecular complexity index is 975. The number of carbonyl (C=O) groups is 1. The summed E-state index contributed by atoms with van der Waals surface area (Å²) < 4.78 is 28.0. The highest BCUT2D eigenvalue weighted by Gasteiger charge is 2.31. The van der Waals surface area contributed by atoms with Crippen LogP contribution in [-0.2, 0) is 21.2 Å². The predicted octanol–water partition coefficient (Wildman–Crippen LogP) is 4.49. The van der Waals surface area contributed by atoms with Gasteiger partial charge in [0.2, 0.25) is 15.9 Å². The van der Waals surface area contributed by atoms with Gasteiger partial charge in [-0.05, 0) is 48.9 Å². The second-order valence-corrected chi connectivity index (χ2v) is 10.5. The maximum atomic E-state index is 13.4. The Balaban J connectivity index is 1.84. The van der Waals surface area contributed by atoms with E-state index in [1.165, 1.54) is 22.5 Å². The molecule has 1 saturated heterocycles. The number of sulfonamides is 1. The van der Waals surface area contributed by atoms with E-state index in [-0.39, 0.29) is 33.9 Å². The van der Waals surface area contributed by atoms with Crippen molar-refractivity contribution >= 4 is 39.1 Å². The summed E-state index contributed by atoms with van der Waals surface area (Å²) in [7, 11) is -4.00. The van der Waals surface area contributed by atoms with Crippen LogP contribution in [0.25, 0.3) is 0 Å². The Kier molecular flexibility index (Phi) is 7.80. The quantitative estimate of drug-likeness (QED) is 0.601. The molecule has 0 saturated carbocycles. The highest BCUT2D eigenvalue weighted by atomic mass is 35.5. The molecule has 1 heterocycles. The molecule has 2 aromatic carbocycles. The Morgan fingerprint density at radius 1 is 1.10 bits per heavy atom. The SMILES string of the molecule is CC1CCN(C(=O)CN(CCc2ccccc2)S(=O)(=O)c2cc(Cl)ccc2Cl)CC1. The van der Waals surface area contributed by atoms with Gasteiger partial charge < -0.3 is 4.90 Å². The molecule has 1 amide bonds. The van der Waals surface area contributed by atoms with E-state index >= 15 is 0 Å². The molecule has 0 radical (unpaired) electrons. The largest absolute Gasteiger partial charge is 0.342 e. The first-order valence-corrected chi connectivity index (χ1v) is 12.2. The summed E-state index contributed by atoms with van der Waals surface area (Å²) in [5.74, 6) is 0.397. The Morgan fingerprint density at radius 3 is 2.43 bits per heavy atom. The number of amides is 1. The van der Waals surface area contributed by atoms with Gasteiger partial charge in [-0.3, -0.25) is 4.79 Å². The molecule has 1 fully saturated rings. The van der Waals surface area contributed by atoms with Crippen molar-refractivity contribution in [2.45, 2.75) is 31.1 Å². The fourth-order valence-corrected chi connectivity index (χ4v) is 5.63. The summed E-state index contributed by atoms with van der Waals surface area (Å²) in [6.07, 6.45) is 2.35. The van der Waals surface area contributed by atoms with Crippen molar-refractivity contribution in [1.29, 1.82) is 0 Å². The van der Waals surface area contributed by atoms with E-state index < -0.39 is 10.0 Å². The van der Waals surface area contributed by atoms with Crippen LogP contribution >= 0.6 is 23.2 Å². The number of halogens is 2. The molecule has 0 aromatic heterocycles. The Labute approximate surface area is 188 Å². The van der Waals surface area contributed by atoms with Crippen LogP contribution in [0.4, 0.5) is 0 Å². The maximum Gasteiger partial charge on any atom is 0.245 e. The number of carbonyl (C=O) groups excluding carboxylic acids is 1. The third-order valence-electron chi connectivity index (χ3n) is 5.45. The summed E-state index contributed by atoms with van der Waals surface area (Å²) in [4.78, 5) is 14.6. The molecule has 3 rings (SSSR count). The zero-order chi connectivity index (χ0) is 21.7. The molecular formula is C22H26Cl2N2O3S.